The molecule has 1 saturated heterocycles. The van der Waals surface area contributed by atoms with Crippen molar-refractivity contribution in [3.05, 3.63) is 64.4 Å². The minimum atomic E-state index is -0.231. The van der Waals surface area contributed by atoms with Gasteiger partial charge < -0.3 is 15.4 Å². The lowest BCUT2D eigenvalue weighted by Crippen LogP contribution is -2.47. The first-order valence-electron chi connectivity index (χ1n) is 9.62. The van der Waals surface area contributed by atoms with E-state index in [1.165, 1.54) is 18.2 Å². The third-order valence-corrected chi connectivity index (χ3v) is 5.14. The van der Waals surface area contributed by atoms with Crippen molar-refractivity contribution in [3.63, 3.8) is 0 Å². The second-order valence-electron chi connectivity index (χ2n) is 6.91. The van der Waals surface area contributed by atoms with Crippen LogP contribution in [0.1, 0.15) is 18.1 Å². The van der Waals surface area contributed by atoms with Crippen LogP contribution in [0.4, 0.5) is 10.1 Å². The fourth-order valence-corrected chi connectivity index (χ4v) is 3.46. The molecule has 1 aliphatic heterocycles. The molecule has 0 aliphatic carbocycles. The predicted octanol–water partition coefficient (Wildman–Crippen LogP) is 3.82. The Morgan fingerprint density at radius 3 is 2.55 bits per heavy atom. The lowest BCUT2D eigenvalue weighted by molar-refractivity contribution is -0.127. The molecule has 0 atom stereocenters. The number of carbonyl (C=O) groups excluding carboxylic acids is 1. The number of hydrogen-bond acceptors (Lipinski definition) is 4. The lowest BCUT2D eigenvalue weighted by atomic mass is 10.1. The van der Waals surface area contributed by atoms with E-state index in [-0.39, 0.29) is 11.7 Å². The van der Waals surface area contributed by atoms with E-state index >= 15 is 0 Å². The molecule has 1 heterocycles. The number of carbonyl (C=O) groups is 1. The fourth-order valence-electron chi connectivity index (χ4n) is 3.24. The van der Waals surface area contributed by atoms with Gasteiger partial charge in [-0.25, -0.2) is 4.39 Å². The molecule has 1 aliphatic rings. The van der Waals surface area contributed by atoms with Gasteiger partial charge in [0.15, 0.2) is 0 Å². The quantitative estimate of drug-likeness (QED) is 0.573. The first-order valence-corrected chi connectivity index (χ1v) is 9.99. The van der Waals surface area contributed by atoms with Crippen molar-refractivity contribution in [2.45, 2.75) is 13.5 Å². The number of amides is 1. The number of nitrogens with zero attached hydrogens (tertiary/aromatic N) is 2. The highest BCUT2D eigenvalue weighted by atomic mass is 35.5. The van der Waals surface area contributed by atoms with Crippen LogP contribution < -0.4 is 10.5 Å². The van der Waals surface area contributed by atoms with Crippen LogP contribution >= 0.6 is 11.6 Å². The Labute approximate surface area is 175 Å². The molecule has 0 aromatic heterocycles. The Balaban J connectivity index is 1.55. The van der Waals surface area contributed by atoms with Gasteiger partial charge in [0.2, 0.25) is 5.91 Å². The number of hydrogen-bond donors (Lipinski definition) is 1. The molecule has 1 fully saturated rings. The van der Waals surface area contributed by atoms with Crippen molar-refractivity contribution < 1.29 is 13.9 Å². The van der Waals surface area contributed by atoms with Crippen LogP contribution in [-0.2, 0) is 11.3 Å². The molecule has 154 valence electrons. The van der Waals surface area contributed by atoms with Crippen molar-refractivity contribution in [1.82, 2.24) is 9.80 Å². The summed E-state index contributed by atoms with van der Waals surface area (Å²) in [5.74, 6) is 0.259. The molecule has 5 nitrogen and oxygen atoms in total. The van der Waals surface area contributed by atoms with E-state index in [1.807, 2.05) is 11.8 Å². The highest BCUT2D eigenvalue weighted by Crippen LogP contribution is 2.30. The average molecular weight is 418 g/mol. The van der Waals surface area contributed by atoms with Crippen molar-refractivity contribution in [2.24, 2.45) is 0 Å². The highest BCUT2D eigenvalue weighted by Gasteiger charge is 2.19. The van der Waals surface area contributed by atoms with E-state index in [2.05, 4.69) is 4.90 Å². The minimum absolute atomic E-state index is 0.0567. The highest BCUT2D eigenvalue weighted by molar-refractivity contribution is 6.32. The predicted molar refractivity (Wildman–Crippen MR) is 114 cm³/mol. The van der Waals surface area contributed by atoms with Gasteiger partial charge in [0.05, 0.1) is 11.6 Å². The maximum Gasteiger partial charge on any atom is 0.246 e. The fraction of sp³-hybridized carbons (Fsp3) is 0.318. The number of anilines is 1. The molecule has 2 aromatic carbocycles. The van der Waals surface area contributed by atoms with Crippen molar-refractivity contribution in [3.8, 4) is 5.75 Å². The molecule has 2 N–H and O–H groups in total. The third-order valence-electron chi connectivity index (χ3n) is 4.85. The molecular formula is C22H25ClFN3O2. The number of nitrogens with two attached hydrogens (primary N) is 1. The number of nitrogen functional groups attached to an aromatic ring is 1. The van der Waals surface area contributed by atoms with Crippen LogP contribution in [-0.4, -0.2) is 48.5 Å². The smallest absolute Gasteiger partial charge is 0.246 e. The van der Waals surface area contributed by atoms with Gasteiger partial charge in [-0.2, -0.15) is 0 Å². The van der Waals surface area contributed by atoms with Gasteiger partial charge in [-0.3, -0.25) is 9.69 Å². The standard InChI is InChI=1S/C22H25ClFN3O2/c1-2-29-21-13-17(20(25)14-19(21)23)5-8-22(28)27-11-9-26(10-12-27)15-16-3-6-18(24)7-4-16/h3-8,13-14H,2,9-12,15,25H2,1H3/b8-5+. The molecule has 7 heteroatoms. The van der Waals surface area contributed by atoms with Crippen LogP contribution in [0.15, 0.2) is 42.5 Å². The molecule has 0 radical (unpaired) electrons. The van der Waals surface area contributed by atoms with Gasteiger partial charge in [-0.05, 0) is 42.8 Å². The molecule has 1 amide bonds. The first-order chi connectivity index (χ1) is 14.0. The second-order valence-corrected chi connectivity index (χ2v) is 7.31. The van der Waals surface area contributed by atoms with E-state index < -0.39 is 0 Å². The largest absolute Gasteiger partial charge is 0.492 e. The summed E-state index contributed by atoms with van der Waals surface area (Å²) in [5.41, 5.74) is 8.26. The van der Waals surface area contributed by atoms with Gasteiger partial charge >= 0.3 is 0 Å². The van der Waals surface area contributed by atoms with Gasteiger partial charge in [-0.15, -0.1) is 0 Å². The van der Waals surface area contributed by atoms with E-state index in [1.54, 1.807) is 30.3 Å². The van der Waals surface area contributed by atoms with Crippen molar-refractivity contribution in [2.75, 3.05) is 38.5 Å². The zero-order valence-corrected chi connectivity index (χ0v) is 17.2. The van der Waals surface area contributed by atoms with Crippen LogP contribution in [0.3, 0.4) is 0 Å². The summed E-state index contributed by atoms with van der Waals surface area (Å²) in [6.07, 6.45) is 3.23. The molecule has 0 saturated carbocycles. The Hall–Kier alpha value is -2.57. The maximum absolute atomic E-state index is 13.0. The zero-order valence-electron chi connectivity index (χ0n) is 16.4. The summed E-state index contributed by atoms with van der Waals surface area (Å²) in [6.45, 7) is 5.95. The van der Waals surface area contributed by atoms with Crippen LogP contribution in [0.2, 0.25) is 5.02 Å². The Bertz CT molecular complexity index is 878. The molecular weight excluding hydrogens is 393 g/mol. The number of benzene rings is 2. The van der Waals surface area contributed by atoms with Crippen molar-refractivity contribution >= 4 is 29.3 Å². The normalized spacial score (nSPS) is 15.1. The summed E-state index contributed by atoms with van der Waals surface area (Å²) in [6, 6.07) is 9.90. The van der Waals surface area contributed by atoms with Crippen molar-refractivity contribution in [1.29, 1.82) is 0 Å². The number of rotatable bonds is 6. The molecule has 0 bridgehead atoms. The first kappa shape index (κ1) is 21.1. The summed E-state index contributed by atoms with van der Waals surface area (Å²) in [5, 5.41) is 0.449. The van der Waals surface area contributed by atoms with Crippen LogP contribution in [0.25, 0.3) is 6.08 Å². The number of piperazine rings is 1. The minimum Gasteiger partial charge on any atom is -0.492 e. The van der Waals surface area contributed by atoms with E-state index in [0.29, 0.717) is 41.7 Å². The van der Waals surface area contributed by atoms with E-state index in [4.69, 9.17) is 22.1 Å². The Kier molecular flexibility index (Phi) is 7.12. The zero-order chi connectivity index (χ0) is 20.8. The van der Waals surface area contributed by atoms with Crippen LogP contribution in [0, 0.1) is 5.82 Å². The molecule has 0 unspecified atom stereocenters. The topological polar surface area (TPSA) is 58.8 Å². The summed E-state index contributed by atoms with van der Waals surface area (Å²) in [7, 11) is 0. The third kappa shape index (κ3) is 5.71. The molecule has 0 spiro atoms. The molecule has 29 heavy (non-hydrogen) atoms. The Morgan fingerprint density at radius 2 is 1.90 bits per heavy atom. The van der Waals surface area contributed by atoms with Gasteiger partial charge in [0, 0.05) is 50.1 Å². The Morgan fingerprint density at radius 1 is 1.21 bits per heavy atom. The van der Waals surface area contributed by atoms with Gasteiger partial charge in [0.1, 0.15) is 11.6 Å². The van der Waals surface area contributed by atoms with Gasteiger partial charge in [-0.1, -0.05) is 23.7 Å². The lowest BCUT2D eigenvalue weighted by Gasteiger charge is -2.34. The maximum atomic E-state index is 13.0. The monoisotopic (exact) mass is 417 g/mol. The summed E-state index contributed by atoms with van der Waals surface area (Å²) in [4.78, 5) is 16.6. The average Bonchev–Trinajstić information content (AvgIpc) is 2.71. The number of ether oxygens (including phenoxy) is 1. The summed E-state index contributed by atoms with van der Waals surface area (Å²) < 4.78 is 18.5. The van der Waals surface area contributed by atoms with Crippen LogP contribution in [0.5, 0.6) is 5.75 Å². The molecule has 3 rings (SSSR count). The van der Waals surface area contributed by atoms with Gasteiger partial charge in [0.25, 0.3) is 0 Å². The molecule has 2 aromatic rings. The van der Waals surface area contributed by atoms with E-state index in [9.17, 15) is 9.18 Å². The summed E-state index contributed by atoms with van der Waals surface area (Å²) >= 11 is 6.12. The SMILES string of the molecule is CCOc1cc(/C=C/C(=O)N2CCN(Cc3ccc(F)cc3)CC2)c(N)cc1Cl. The second kappa shape index (κ2) is 9.76. The van der Waals surface area contributed by atoms with E-state index in [0.717, 1.165) is 25.2 Å². The number of halogens is 2.